The Morgan fingerprint density at radius 1 is 1.13 bits per heavy atom. The normalized spacial score (nSPS) is 13.0. The van der Waals surface area contributed by atoms with E-state index in [-0.39, 0.29) is 17.5 Å². The number of halogens is 1. The lowest BCUT2D eigenvalue weighted by molar-refractivity contribution is 0.0947. The summed E-state index contributed by atoms with van der Waals surface area (Å²) in [4.78, 5) is 23.9. The van der Waals surface area contributed by atoms with Gasteiger partial charge in [0, 0.05) is 49.3 Å². The summed E-state index contributed by atoms with van der Waals surface area (Å²) in [6.45, 7) is 0.479. The van der Waals surface area contributed by atoms with Crippen LogP contribution < -0.4 is 15.5 Å². The zero-order valence-corrected chi connectivity index (χ0v) is 21.1. The first-order chi connectivity index (χ1) is 18.5. The highest BCUT2D eigenvalue weighted by atomic mass is 19.1. The van der Waals surface area contributed by atoms with Crippen LogP contribution in [0.5, 0.6) is 0 Å². The number of nitrogens with zero attached hydrogens (tertiary/aromatic N) is 5. The second-order valence-corrected chi connectivity index (χ2v) is 9.63. The highest BCUT2D eigenvalue weighted by Crippen LogP contribution is 2.30. The maximum absolute atomic E-state index is 15.0. The summed E-state index contributed by atoms with van der Waals surface area (Å²) in [5.41, 5.74) is 5.58. The van der Waals surface area contributed by atoms with E-state index in [0.29, 0.717) is 29.3 Å². The van der Waals surface area contributed by atoms with Gasteiger partial charge in [0.15, 0.2) is 11.5 Å². The number of H-pyrrole nitrogens is 1. The topological polar surface area (TPSA) is 103 Å². The van der Waals surface area contributed by atoms with Gasteiger partial charge in [-0.1, -0.05) is 18.2 Å². The van der Waals surface area contributed by atoms with Crippen molar-refractivity contribution in [1.82, 2.24) is 29.9 Å². The number of hydrogen-bond acceptors (Lipinski definition) is 6. The van der Waals surface area contributed by atoms with E-state index < -0.39 is 5.82 Å². The Labute approximate surface area is 218 Å². The highest BCUT2D eigenvalue weighted by molar-refractivity contribution is 5.95. The molecule has 6 rings (SSSR count). The van der Waals surface area contributed by atoms with Crippen molar-refractivity contribution in [3.05, 3.63) is 84.2 Å². The number of hydrogen-bond donors (Lipinski definition) is 3. The average Bonchev–Trinajstić information content (AvgIpc) is 3.38. The van der Waals surface area contributed by atoms with Gasteiger partial charge in [0.25, 0.3) is 5.91 Å². The largest absolute Gasteiger partial charge is 0.378 e. The quantitative estimate of drug-likeness (QED) is 0.284. The highest BCUT2D eigenvalue weighted by Gasteiger charge is 2.25. The van der Waals surface area contributed by atoms with Crippen LogP contribution in [0.2, 0.25) is 0 Å². The molecule has 1 saturated carbocycles. The maximum Gasteiger partial charge on any atom is 0.254 e. The van der Waals surface area contributed by atoms with Crippen LogP contribution >= 0.6 is 0 Å². The van der Waals surface area contributed by atoms with Gasteiger partial charge in [-0.15, -0.1) is 0 Å². The summed E-state index contributed by atoms with van der Waals surface area (Å²) in [7, 11) is 3.99. The Morgan fingerprint density at radius 2 is 1.92 bits per heavy atom. The molecule has 1 fully saturated rings. The number of fused-ring (bicyclic) bond motifs is 1. The lowest BCUT2D eigenvalue weighted by Crippen LogP contribution is -2.26. The van der Waals surface area contributed by atoms with Gasteiger partial charge >= 0.3 is 0 Å². The predicted octanol–water partition coefficient (Wildman–Crippen LogP) is 4.50. The lowest BCUT2D eigenvalue weighted by Gasteiger charge is -2.14. The number of rotatable bonds is 8. The second kappa shape index (κ2) is 9.62. The molecule has 192 valence electrons. The van der Waals surface area contributed by atoms with Crippen molar-refractivity contribution in [3.63, 3.8) is 0 Å². The molecule has 0 spiro atoms. The molecule has 10 heteroatoms. The van der Waals surface area contributed by atoms with Crippen LogP contribution in [0.3, 0.4) is 0 Å². The van der Waals surface area contributed by atoms with Crippen molar-refractivity contribution >= 4 is 23.1 Å². The molecule has 3 aromatic heterocycles. The van der Waals surface area contributed by atoms with Crippen LogP contribution in [0.25, 0.3) is 28.2 Å². The number of amides is 1. The molecule has 2 aromatic carbocycles. The minimum Gasteiger partial charge on any atom is -0.378 e. The molecule has 0 atom stereocenters. The van der Waals surface area contributed by atoms with Crippen molar-refractivity contribution in [1.29, 1.82) is 0 Å². The number of imidazole rings is 1. The molecular weight excluding hydrogens is 483 g/mol. The van der Waals surface area contributed by atoms with E-state index in [2.05, 4.69) is 25.8 Å². The third-order valence-corrected chi connectivity index (χ3v) is 6.60. The Hall–Kier alpha value is -4.73. The van der Waals surface area contributed by atoms with Gasteiger partial charge in [-0.3, -0.25) is 14.3 Å². The Bertz CT molecular complexity index is 1600. The Kier molecular flexibility index (Phi) is 5.99. The number of nitrogens with one attached hydrogen (secondary N) is 3. The number of carbonyl (C=O) groups is 1. The van der Waals surface area contributed by atoms with E-state index >= 15 is 4.39 Å². The number of aromatic nitrogens is 5. The van der Waals surface area contributed by atoms with E-state index in [1.807, 2.05) is 59.9 Å². The molecule has 0 bridgehead atoms. The standard InChI is InChI=1S/C28H27FN8O/c1-36(2)21-8-3-17(4-9-21)24-16-37-25(15-31-27(37)26(34-24)30-14-20-11-12-32-35-20)18-5-10-22(23(29)13-18)28(38)33-19-6-7-19/h3-5,8-13,15-16,19H,6-7,14H2,1-2H3,(H,30,34)(H,32,35)(H,33,38). The van der Waals surface area contributed by atoms with Crippen molar-refractivity contribution < 1.29 is 9.18 Å². The summed E-state index contributed by atoms with van der Waals surface area (Å²) >= 11 is 0. The van der Waals surface area contributed by atoms with Crippen molar-refractivity contribution in [2.24, 2.45) is 0 Å². The number of carbonyl (C=O) groups excluding carboxylic acids is 1. The van der Waals surface area contributed by atoms with E-state index in [4.69, 9.17) is 4.98 Å². The van der Waals surface area contributed by atoms with Crippen LogP contribution in [0.1, 0.15) is 28.9 Å². The molecule has 38 heavy (non-hydrogen) atoms. The first-order valence-corrected chi connectivity index (χ1v) is 12.4. The monoisotopic (exact) mass is 510 g/mol. The maximum atomic E-state index is 15.0. The summed E-state index contributed by atoms with van der Waals surface area (Å²) in [5.74, 6) is -0.365. The number of anilines is 2. The van der Waals surface area contributed by atoms with Crippen molar-refractivity contribution in [2.75, 3.05) is 24.3 Å². The third kappa shape index (κ3) is 4.68. The molecule has 0 radical (unpaired) electrons. The van der Waals surface area contributed by atoms with Gasteiger partial charge in [-0.2, -0.15) is 5.10 Å². The molecule has 3 heterocycles. The fourth-order valence-electron chi connectivity index (χ4n) is 4.30. The number of benzene rings is 2. The van der Waals surface area contributed by atoms with Gasteiger partial charge in [0.2, 0.25) is 0 Å². The molecule has 0 unspecified atom stereocenters. The summed E-state index contributed by atoms with van der Waals surface area (Å²) in [6.07, 6.45) is 7.17. The molecule has 3 N–H and O–H groups in total. The molecule has 0 aliphatic heterocycles. The van der Waals surface area contributed by atoms with Gasteiger partial charge in [-0.05, 0) is 43.2 Å². The Balaban J connectivity index is 1.41. The molecule has 1 aliphatic rings. The average molecular weight is 511 g/mol. The van der Waals surface area contributed by atoms with Crippen LogP contribution in [0.4, 0.5) is 15.9 Å². The van der Waals surface area contributed by atoms with Crippen LogP contribution in [-0.2, 0) is 6.54 Å². The first kappa shape index (κ1) is 23.7. The Morgan fingerprint density at radius 3 is 2.61 bits per heavy atom. The molecule has 9 nitrogen and oxygen atoms in total. The van der Waals surface area contributed by atoms with E-state index in [1.165, 1.54) is 12.1 Å². The van der Waals surface area contributed by atoms with E-state index in [0.717, 1.165) is 35.5 Å². The zero-order valence-electron chi connectivity index (χ0n) is 21.1. The van der Waals surface area contributed by atoms with Crippen LogP contribution in [0.15, 0.2) is 67.1 Å². The minimum absolute atomic E-state index is 0.0414. The smallest absolute Gasteiger partial charge is 0.254 e. The van der Waals surface area contributed by atoms with Gasteiger partial charge < -0.3 is 15.5 Å². The van der Waals surface area contributed by atoms with Crippen LogP contribution in [0, 0.1) is 5.82 Å². The second-order valence-electron chi connectivity index (χ2n) is 9.63. The zero-order chi connectivity index (χ0) is 26.2. The minimum atomic E-state index is -0.568. The third-order valence-electron chi connectivity index (χ3n) is 6.60. The molecule has 1 amide bonds. The summed E-state index contributed by atoms with van der Waals surface area (Å²) in [5, 5.41) is 13.1. The van der Waals surface area contributed by atoms with Crippen molar-refractivity contribution in [3.8, 4) is 22.5 Å². The predicted molar refractivity (Wildman–Crippen MR) is 145 cm³/mol. The first-order valence-electron chi connectivity index (χ1n) is 12.4. The van der Waals surface area contributed by atoms with Gasteiger partial charge in [0.1, 0.15) is 5.82 Å². The molecular formula is C28H27FN8O. The summed E-state index contributed by atoms with van der Waals surface area (Å²) in [6, 6.07) is 14.8. The van der Waals surface area contributed by atoms with E-state index in [9.17, 15) is 4.79 Å². The van der Waals surface area contributed by atoms with Gasteiger partial charge in [-0.25, -0.2) is 14.4 Å². The summed E-state index contributed by atoms with van der Waals surface area (Å²) < 4.78 is 16.9. The molecule has 1 aliphatic carbocycles. The SMILES string of the molecule is CN(C)c1ccc(-c2cn3c(-c4ccc(C(=O)NC5CC5)c(F)c4)cnc3c(NCc3ccn[nH]3)n2)cc1. The molecule has 5 aromatic rings. The fourth-order valence-corrected chi connectivity index (χ4v) is 4.30. The van der Waals surface area contributed by atoms with E-state index in [1.54, 1.807) is 18.5 Å². The number of aromatic amines is 1. The van der Waals surface area contributed by atoms with Gasteiger partial charge in [0.05, 0.1) is 35.4 Å². The fraction of sp³-hybridized carbons (Fsp3) is 0.214. The van der Waals surface area contributed by atoms with Crippen LogP contribution in [-0.4, -0.2) is 50.6 Å². The van der Waals surface area contributed by atoms with Crippen molar-refractivity contribution in [2.45, 2.75) is 25.4 Å². The lowest BCUT2D eigenvalue weighted by atomic mass is 10.1. The molecule has 0 saturated heterocycles.